The average molecular weight is 397 g/mol. The first kappa shape index (κ1) is 15.6. The van der Waals surface area contributed by atoms with E-state index in [9.17, 15) is 4.79 Å². The number of hydrogen-bond donors (Lipinski definition) is 0. The van der Waals surface area contributed by atoms with Gasteiger partial charge in [-0.25, -0.2) is 0 Å². The molecule has 3 rings (SSSR count). The fraction of sp³-hybridized carbons (Fsp3) is 0.583. The lowest BCUT2D eigenvalue weighted by Crippen LogP contribution is -2.46. The number of hydrogen-bond acceptors (Lipinski definition) is 2. The van der Waals surface area contributed by atoms with Crippen LogP contribution >= 0.6 is 69.6 Å². The van der Waals surface area contributed by atoms with Crippen LogP contribution in [0, 0.1) is 11.8 Å². The number of rotatable bonds is 1. The van der Waals surface area contributed by atoms with Crippen LogP contribution in [0.25, 0.3) is 0 Å². The van der Waals surface area contributed by atoms with E-state index in [-0.39, 0.29) is 16.0 Å². The Morgan fingerprint density at radius 3 is 2.20 bits per heavy atom. The highest BCUT2D eigenvalue weighted by molar-refractivity contribution is 6.65. The van der Waals surface area contributed by atoms with Crippen molar-refractivity contribution < 1.29 is 9.53 Å². The Labute approximate surface area is 145 Å². The fourth-order valence-corrected chi connectivity index (χ4v) is 6.41. The van der Waals surface area contributed by atoms with Gasteiger partial charge in [-0.2, -0.15) is 0 Å². The van der Waals surface area contributed by atoms with Crippen LogP contribution in [-0.4, -0.2) is 26.2 Å². The van der Waals surface area contributed by atoms with Gasteiger partial charge < -0.3 is 4.74 Å². The molecule has 0 aromatic rings. The van der Waals surface area contributed by atoms with Crippen LogP contribution < -0.4 is 0 Å². The number of carbonyl (C=O) groups is 1. The fourth-order valence-electron chi connectivity index (χ4n) is 3.40. The van der Waals surface area contributed by atoms with Gasteiger partial charge in [-0.3, -0.25) is 4.79 Å². The Kier molecular flexibility index (Phi) is 3.40. The lowest BCUT2D eigenvalue weighted by atomic mass is 9.83. The Morgan fingerprint density at radius 2 is 1.65 bits per heavy atom. The molecule has 1 fully saturated rings. The summed E-state index contributed by atoms with van der Waals surface area (Å²) in [5.41, 5.74) is 0. The van der Waals surface area contributed by atoms with Crippen LogP contribution in [0.5, 0.6) is 0 Å². The van der Waals surface area contributed by atoms with E-state index < -0.39 is 32.1 Å². The minimum Gasteiger partial charge on any atom is -0.458 e. The molecule has 0 amide bonds. The topological polar surface area (TPSA) is 26.3 Å². The molecular formula is C12H8Cl6O2. The van der Waals surface area contributed by atoms with Crippen molar-refractivity contribution in [1.82, 2.24) is 0 Å². The summed E-state index contributed by atoms with van der Waals surface area (Å²) in [5, 5.41) is 0.262. The Balaban J connectivity index is 2.16. The number of carbonyl (C=O) groups excluding carboxylic acids is 1. The number of esters is 1. The highest BCUT2D eigenvalue weighted by atomic mass is 35.5. The molecule has 1 saturated carbocycles. The van der Waals surface area contributed by atoms with Gasteiger partial charge >= 0.3 is 5.97 Å². The molecule has 110 valence electrons. The highest BCUT2D eigenvalue weighted by Gasteiger charge is 2.83. The normalized spacial score (nSPS) is 47.9. The third-order valence-electron chi connectivity index (χ3n) is 4.22. The van der Waals surface area contributed by atoms with Gasteiger partial charge in [0.1, 0.15) is 15.9 Å². The zero-order valence-corrected chi connectivity index (χ0v) is 14.5. The average Bonchev–Trinajstić information content (AvgIpc) is 2.84. The highest BCUT2D eigenvalue weighted by Crippen LogP contribution is 2.78. The van der Waals surface area contributed by atoms with Crippen molar-refractivity contribution in [3.8, 4) is 0 Å². The van der Waals surface area contributed by atoms with Crippen molar-refractivity contribution in [3.05, 3.63) is 22.2 Å². The van der Waals surface area contributed by atoms with Gasteiger partial charge in [-0.05, 0) is 6.08 Å². The molecule has 0 aromatic heterocycles. The van der Waals surface area contributed by atoms with E-state index in [1.165, 1.54) is 6.92 Å². The second-order valence-electron chi connectivity index (χ2n) is 5.14. The molecule has 0 aliphatic heterocycles. The minimum absolute atomic E-state index is 0.114. The van der Waals surface area contributed by atoms with Gasteiger partial charge in [0, 0.05) is 18.8 Å². The van der Waals surface area contributed by atoms with Crippen molar-refractivity contribution in [3.63, 3.8) is 0 Å². The number of alkyl halides is 4. The Morgan fingerprint density at radius 1 is 1.10 bits per heavy atom. The Bertz CT molecular complexity index is 570. The summed E-state index contributed by atoms with van der Waals surface area (Å²) < 4.78 is 3.65. The van der Waals surface area contributed by atoms with Crippen molar-refractivity contribution in [1.29, 1.82) is 0 Å². The molecule has 0 unspecified atom stereocenters. The quantitative estimate of drug-likeness (QED) is 0.369. The second-order valence-corrected chi connectivity index (χ2v) is 8.41. The maximum Gasteiger partial charge on any atom is 0.303 e. The van der Waals surface area contributed by atoms with Crippen molar-refractivity contribution in [2.24, 2.45) is 11.8 Å². The number of ether oxygens (including phenoxy) is 1. The molecule has 20 heavy (non-hydrogen) atoms. The SMILES string of the molecule is CC(=O)O[C@H]1C=C[C@@H]2[C@H]1[C@@]1(Cl)C(Cl)=C(Cl)[C@]2(Cl)C1(Cl)Cl. The van der Waals surface area contributed by atoms with Crippen LogP contribution in [-0.2, 0) is 9.53 Å². The van der Waals surface area contributed by atoms with Crippen LogP contribution in [0.4, 0.5) is 0 Å². The molecule has 0 saturated heterocycles. The van der Waals surface area contributed by atoms with Gasteiger partial charge in [0.15, 0.2) is 4.33 Å². The summed E-state index contributed by atoms with van der Waals surface area (Å²) in [6, 6.07) is 0. The van der Waals surface area contributed by atoms with Crippen LogP contribution in [0.2, 0.25) is 0 Å². The lowest BCUT2D eigenvalue weighted by Gasteiger charge is -2.35. The van der Waals surface area contributed by atoms with E-state index in [2.05, 4.69) is 0 Å². The van der Waals surface area contributed by atoms with E-state index in [1.807, 2.05) is 0 Å². The largest absolute Gasteiger partial charge is 0.458 e. The lowest BCUT2D eigenvalue weighted by molar-refractivity contribution is -0.146. The number of fused-ring (bicyclic) bond motifs is 5. The van der Waals surface area contributed by atoms with Gasteiger partial charge in [0.05, 0.1) is 10.1 Å². The molecule has 3 aliphatic carbocycles. The molecule has 2 nitrogen and oxygen atoms in total. The Hall–Kier alpha value is 0.690. The predicted octanol–water partition coefficient (Wildman–Crippen LogP) is 4.57. The van der Waals surface area contributed by atoms with Crippen molar-refractivity contribution >= 4 is 75.6 Å². The number of halogens is 6. The summed E-state index contributed by atoms with van der Waals surface area (Å²) in [6.07, 6.45) is 2.90. The van der Waals surface area contributed by atoms with E-state index in [4.69, 9.17) is 74.3 Å². The predicted molar refractivity (Wildman–Crippen MR) is 82.0 cm³/mol. The van der Waals surface area contributed by atoms with Gasteiger partial charge in [-0.1, -0.05) is 52.5 Å². The summed E-state index contributed by atoms with van der Waals surface area (Å²) in [5.74, 6) is -1.26. The monoisotopic (exact) mass is 394 g/mol. The maximum atomic E-state index is 11.2. The van der Waals surface area contributed by atoms with Crippen LogP contribution in [0.1, 0.15) is 6.92 Å². The first-order valence-corrected chi connectivity index (χ1v) is 8.04. The molecule has 5 atom stereocenters. The van der Waals surface area contributed by atoms with E-state index in [0.717, 1.165) is 0 Å². The van der Waals surface area contributed by atoms with Crippen LogP contribution in [0.15, 0.2) is 22.2 Å². The molecule has 0 aromatic carbocycles. The molecule has 0 N–H and O–H groups in total. The zero-order valence-electron chi connectivity index (χ0n) is 9.97. The minimum atomic E-state index is -1.60. The van der Waals surface area contributed by atoms with Crippen molar-refractivity contribution in [2.75, 3.05) is 0 Å². The van der Waals surface area contributed by atoms with E-state index >= 15 is 0 Å². The van der Waals surface area contributed by atoms with Gasteiger partial charge in [-0.15, -0.1) is 23.2 Å². The summed E-state index contributed by atoms with van der Waals surface area (Å²) in [4.78, 5) is 8.49. The van der Waals surface area contributed by atoms with Crippen molar-refractivity contribution in [2.45, 2.75) is 27.1 Å². The molecule has 2 bridgehead atoms. The molecule has 3 aliphatic rings. The smallest absolute Gasteiger partial charge is 0.303 e. The summed E-state index contributed by atoms with van der Waals surface area (Å²) in [6.45, 7) is 1.31. The van der Waals surface area contributed by atoms with Crippen LogP contribution in [0.3, 0.4) is 0 Å². The zero-order chi connectivity index (χ0) is 15.1. The standard InChI is InChI=1S/C12H8Cl6O2/c1-4(19)20-6-3-2-5-7(6)11(16)9(14)8(13)10(5,15)12(11,17)18/h2-3,5-7H,1H3/t5-,6+,7-,10+,11-/m1/s1. The summed E-state index contributed by atoms with van der Waals surface area (Å²) in [7, 11) is 0. The van der Waals surface area contributed by atoms with Gasteiger partial charge in [0.2, 0.25) is 0 Å². The number of allylic oxidation sites excluding steroid dienone is 3. The molecular weight excluding hydrogens is 389 g/mol. The third-order valence-corrected chi connectivity index (χ3v) is 8.51. The molecule has 0 radical (unpaired) electrons. The molecule has 0 heterocycles. The summed E-state index contributed by atoms with van der Waals surface area (Å²) >= 11 is 38.6. The third kappa shape index (κ3) is 1.44. The van der Waals surface area contributed by atoms with E-state index in [1.54, 1.807) is 12.2 Å². The second kappa shape index (κ2) is 4.37. The first-order valence-electron chi connectivity index (χ1n) is 5.77. The molecule has 8 heteroatoms. The first-order chi connectivity index (χ1) is 9.10. The molecule has 0 spiro atoms. The van der Waals surface area contributed by atoms with Gasteiger partial charge in [0.25, 0.3) is 0 Å². The van der Waals surface area contributed by atoms with E-state index in [0.29, 0.717) is 0 Å². The maximum absolute atomic E-state index is 11.2.